The molecule has 7 heteroatoms. The van der Waals surface area contributed by atoms with Crippen molar-refractivity contribution in [1.29, 1.82) is 5.41 Å². The number of carbonyl (C=O) groups is 1. The van der Waals surface area contributed by atoms with Crippen LogP contribution in [0.1, 0.15) is 0 Å². The number of rotatable bonds is 2. The van der Waals surface area contributed by atoms with E-state index >= 15 is 0 Å². The fourth-order valence-corrected chi connectivity index (χ4v) is 1.88. The summed E-state index contributed by atoms with van der Waals surface area (Å²) < 4.78 is 4.94. The maximum Gasteiger partial charge on any atom is 0.410 e. The zero-order valence-corrected chi connectivity index (χ0v) is 13.0. The van der Waals surface area contributed by atoms with E-state index in [2.05, 4.69) is 6.58 Å². The molecule has 0 aliphatic carbocycles. The Bertz CT molecular complexity index is 281. The quantitative estimate of drug-likeness (QED) is 0.348. The van der Waals surface area contributed by atoms with Gasteiger partial charge in [-0.1, -0.05) is 24.4 Å². The van der Waals surface area contributed by atoms with Crippen LogP contribution in [0.4, 0.5) is 4.79 Å². The number of hydrogen-bond acceptors (Lipinski definition) is 4. The van der Waals surface area contributed by atoms with E-state index in [4.69, 9.17) is 10.1 Å². The molecule has 0 saturated carbocycles. The summed E-state index contributed by atoms with van der Waals surface area (Å²) in [6, 6.07) is 0. The van der Waals surface area contributed by atoms with Gasteiger partial charge in [0.1, 0.15) is 6.61 Å². The van der Waals surface area contributed by atoms with Gasteiger partial charge in [-0.25, -0.2) is 4.79 Å². The highest BCUT2D eigenvalue weighted by Crippen LogP contribution is 2.08. The summed E-state index contributed by atoms with van der Waals surface area (Å²) in [4.78, 5) is 15.1. The van der Waals surface area contributed by atoms with Gasteiger partial charge in [-0.05, 0) is 6.26 Å². The SMILES string of the molecule is C=CCOC(=O)N1CCN(C(=N)SC)CC1.I. The van der Waals surface area contributed by atoms with Crippen molar-refractivity contribution in [2.24, 2.45) is 0 Å². The van der Waals surface area contributed by atoms with E-state index in [0.29, 0.717) is 31.3 Å². The Hall–Kier alpha value is -0.440. The summed E-state index contributed by atoms with van der Waals surface area (Å²) in [6.07, 6.45) is 3.14. The molecule has 0 aromatic heterocycles. The molecule has 0 aromatic rings. The van der Waals surface area contributed by atoms with Gasteiger partial charge in [0.05, 0.1) is 0 Å². The maximum absolute atomic E-state index is 11.5. The number of carbonyl (C=O) groups excluding carboxylic acids is 1. The maximum atomic E-state index is 11.5. The summed E-state index contributed by atoms with van der Waals surface area (Å²) in [6.45, 7) is 6.35. The van der Waals surface area contributed by atoms with E-state index in [1.54, 1.807) is 11.0 Å². The first kappa shape index (κ1) is 16.6. The fraction of sp³-hybridized carbons (Fsp3) is 0.600. The van der Waals surface area contributed by atoms with Gasteiger partial charge in [0.25, 0.3) is 0 Å². The first-order valence-electron chi connectivity index (χ1n) is 5.09. The van der Waals surface area contributed by atoms with Gasteiger partial charge in [-0.15, -0.1) is 24.0 Å². The number of amidine groups is 1. The van der Waals surface area contributed by atoms with Crippen LogP contribution < -0.4 is 0 Å². The van der Waals surface area contributed by atoms with Crippen molar-refractivity contribution < 1.29 is 9.53 Å². The summed E-state index contributed by atoms with van der Waals surface area (Å²) in [5.41, 5.74) is 0. The lowest BCUT2D eigenvalue weighted by atomic mass is 10.3. The van der Waals surface area contributed by atoms with Crippen LogP contribution in [-0.4, -0.2) is 60.1 Å². The van der Waals surface area contributed by atoms with Crippen molar-refractivity contribution in [3.8, 4) is 0 Å². The molecule has 0 bridgehead atoms. The van der Waals surface area contributed by atoms with Gasteiger partial charge in [-0.3, -0.25) is 5.41 Å². The molecule has 0 aromatic carbocycles. The minimum Gasteiger partial charge on any atom is -0.445 e. The third-order valence-corrected chi connectivity index (χ3v) is 2.99. The van der Waals surface area contributed by atoms with Gasteiger partial charge in [0.2, 0.25) is 0 Å². The van der Waals surface area contributed by atoms with Crippen LogP contribution in [0.25, 0.3) is 0 Å². The van der Waals surface area contributed by atoms with Crippen LogP contribution in [0.3, 0.4) is 0 Å². The highest BCUT2D eigenvalue weighted by molar-refractivity contribution is 14.0. The molecular formula is C10H18IN3O2S. The largest absolute Gasteiger partial charge is 0.445 e. The first-order valence-corrected chi connectivity index (χ1v) is 6.31. The Morgan fingerprint density at radius 2 is 1.94 bits per heavy atom. The number of hydrogen-bond donors (Lipinski definition) is 1. The predicted octanol–water partition coefficient (Wildman–Crippen LogP) is 1.84. The highest BCUT2D eigenvalue weighted by Gasteiger charge is 2.22. The Labute approximate surface area is 123 Å². The second-order valence-corrected chi connectivity index (χ2v) is 4.14. The molecule has 1 fully saturated rings. The van der Waals surface area contributed by atoms with Gasteiger partial charge >= 0.3 is 6.09 Å². The second-order valence-electron chi connectivity index (χ2n) is 3.35. The molecule has 1 N–H and O–H groups in total. The number of thioether (sulfide) groups is 1. The lowest BCUT2D eigenvalue weighted by Gasteiger charge is -2.34. The lowest BCUT2D eigenvalue weighted by molar-refractivity contribution is 0.0967. The number of ether oxygens (including phenoxy) is 1. The average molecular weight is 371 g/mol. The van der Waals surface area contributed by atoms with Crippen molar-refractivity contribution >= 4 is 47.0 Å². The number of piperazine rings is 1. The molecule has 0 radical (unpaired) electrons. The van der Waals surface area contributed by atoms with Crippen LogP contribution in [0.2, 0.25) is 0 Å². The number of nitrogens with zero attached hydrogens (tertiary/aromatic N) is 2. The summed E-state index contributed by atoms with van der Waals surface area (Å²) in [7, 11) is 0. The van der Waals surface area contributed by atoms with E-state index in [1.165, 1.54) is 11.8 Å². The predicted molar refractivity (Wildman–Crippen MR) is 81.3 cm³/mol. The molecule has 1 heterocycles. The Morgan fingerprint density at radius 3 is 2.41 bits per heavy atom. The van der Waals surface area contributed by atoms with E-state index in [0.717, 1.165) is 0 Å². The summed E-state index contributed by atoms with van der Waals surface area (Å²) in [5.74, 6) is 0. The Balaban J connectivity index is 0.00000256. The number of amides is 1. The van der Waals surface area contributed by atoms with E-state index < -0.39 is 0 Å². The van der Waals surface area contributed by atoms with Gasteiger partial charge in [0, 0.05) is 26.2 Å². The van der Waals surface area contributed by atoms with E-state index in [1.807, 2.05) is 11.2 Å². The van der Waals surface area contributed by atoms with Crippen molar-refractivity contribution in [1.82, 2.24) is 9.80 Å². The molecule has 1 aliphatic heterocycles. The average Bonchev–Trinajstić information content (AvgIpc) is 2.35. The highest BCUT2D eigenvalue weighted by atomic mass is 127. The zero-order valence-electron chi connectivity index (χ0n) is 9.85. The van der Waals surface area contributed by atoms with E-state index in [9.17, 15) is 4.79 Å². The molecule has 0 atom stereocenters. The molecular weight excluding hydrogens is 353 g/mol. The van der Waals surface area contributed by atoms with Crippen LogP contribution in [-0.2, 0) is 4.74 Å². The van der Waals surface area contributed by atoms with Crippen molar-refractivity contribution in [3.05, 3.63) is 12.7 Å². The van der Waals surface area contributed by atoms with Crippen molar-refractivity contribution in [2.45, 2.75) is 0 Å². The molecule has 1 amide bonds. The molecule has 1 aliphatic rings. The third kappa shape index (κ3) is 5.15. The lowest BCUT2D eigenvalue weighted by Crippen LogP contribution is -2.50. The standard InChI is InChI=1S/C10H17N3O2S.HI/c1-3-8-15-10(14)13-6-4-12(5-7-13)9(11)16-2;/h3,11H,1,4-8H2,2H3;1H. The second kappa shape index (κ2) is 8.62. The third-order valence-electron chi connectivity index (χ3n) is 2.34. The zero-order chi connectivity index (χ0) is 12.0. The van der Waals surface area contributed by atoms with Gasteiger partial charge in [0.15, 0.2) is 5.17 Å². The normalized spacial score (nSPS) is 14.9. The summed E-state index contributed by atoms with van der Waals surface area (Å²) >= 11 is 1.42. The molecule has 0 spiro atoms. The molecule has 0 unspecified atom stereocenters. The molecule has 1 saturated heterocycles. The van der Waals surface area contributed by atoms with Gasteiger partial charge in [-0.2, -0.15) is 0 Å². The molecule has 98 valence electrons. The number of nitrogens with one attached hydrogen (secondary N) is 1. The minimum absolute atomic E-state index is 0. The minimum atomic E-state index is -0.296. The Kier molecular flexibility index (Phi) is 8.40. The van der Waals surface area contributed by atoms with Crippen LogP contribution in [0.15, 0.2) is 12.7 Å². The van der Waals surface area contributed by atoms with Crippen LogP contribution >= 0.6 is 35.7 Å². The topological polar surface area (TPSA) is 56.6 Å². The molecule has 17 heavy (non-hydrogen) atoms. The number of halogens is 1. The van der Waals surface area contributed by atoms with E-state index in [-0.39, 0.29) is 36.7 Å². The van der Waals surface area contributed by atoms with Crippen molar-refractivity contribution in [3.63, 3.8) is 0 Å². The Morgan fingerprint density at radius 1 is 1.41 bits per heavy atom. The monoisotopic (exact) mass is 371 g/mol. The molecule has 1 rings (SSSR count). The van der Waals surface area contributed by atoms with Crippen molar-refractivity contribution in [2.75, 3.05) is 39.0 Å². The smallest absolute Gasteiger partial charge is 0.410 e. The van der Waals surface area contributed by atoms with Crippen LogP contribution in [0, 0.1) is 5.41 Å². The first-order chi connectivity index (χ1) is 7.69. The van der Waals surface area contributed by atoms with Crippen LogP contribution in [0.5, 0.6) is 0 Å². The fourth-order valence-electron chi connectivity index (χ4n) is 1.44. The summed E-state index contributed by atoms with van der Waals surface area (Å²) in [5, 5.41) is 8.21. The molecule has 5 nitrogen and oxygen atoms in total. The van der Waals surface area contributed by atoms with Gasteiger partial charge < -0.3 is 14.5 Å².